The van der Waals surface area contributed by atoms with E-state index in [0.717, 1.165) is 12.1 Å². The Bertz CT molecular complexity index is 524. The first-order valence-electron chi connectivity index (χ1n) is 6.62. The lowest BCUT2D eigenvalue weighted by atomic mass is 10.0. The van der Waals surface area contributed by atoms with Gasteiger partial charge in [0.25, 0.3) is 5.91 Å². The fraction of sp³-hybridized carbons (Fsp3) is 0.500. The van der Waals surface area contributed by atoms with Crippen LogP contribution in [0.3, 0.4) is 0 Å². The summed E-state index contributed by atoms with van der Waals surface area (Å²) in [5.74, 6) is -1.07. The molecule has 0 aliphatic heterocycles. The molecule has 1 amide bonds. The number of nitro groups is 1. The van der Waals surface area contributed by atoms with Gasteiger partial charge in [-0.1, -0.05) is 13.8 Å². The van der Waals surface area contributed by atoms with Crippen LogP contribution in [0.2, 0.25) is 0 Å². The average molecular weight is 297 g/mol. The average Bonchev–Trinajstić information content (AvgIpc) is 2.37. The van der Waals surface area contributed by atoms with Crippen LogP contribution >= 0.6 is 0 Å². The molecule has 21 heavy (non-hydrogen) atoms. The molecule has 1 aromatic rings. The summed E-state index contributed by atoms with van der Waals surface area (Å²) in [5.41, 5.74) is -0.625. The molecule has 116 valence electrons. The van der Waals surface area contributed by atoms with Gasteiger partial charge in [-0.2, -0.15) is 4.39 Å². The highest BCUT2D eigenvalue weighted by atomic mass is 19.1. The third-order valence-electron chi connectivity index (χ3n) is 3.31. The van der Waals surface area contributed by atoms with Gasteiger partial charge in [-0.05, 0) is 32.1 Å². The van der Waals surface area contributed by atoms with E-state index < -0.39 is 22.3 Å². The third-order valence-corrected chi connectivity index (χ3v) is 3.31. The normalized spacial score (nSPS) is 12.5. The molecule has 0 saturated heterocycles. The van der Waals surface area contributed by atoms with Crippen LogP contribution in [0.5, 0.6) is 0 Å². The van der Waals surface area contributed by atoms with Crippen LogP contribution < -0.4 is 5.32 Å². The molecule has 0 bridgehead atoms. The Labute approximate surface area is 123 Å². The number of carbonyl (C=O) groups is 1. The van der Waals surface area contributed by atoms with Crippen LogP contribution in [0.25, 0.3) is 0 Å². The second kappa shape index (κ2) is 7.12. The van der Waals surface area contributed by atoms with Gasteiger partial charge in [-0.15, -0.1) is 0 Å². The van der Waals surface area contributed by atoms with Crippen LogP contribution in [-0.2, 0) is 0 Å². The fourth-order valence-electron chi connectivity index (χ4n) is 2.11. The first-order valence-corrected chi connectivity index (χ1v) is 6.62. The lowest BCUT2D eigenvalue weighted by Crippen LogP contribution is -2.43. The van der Waals surface area contributed by atoms with Crippen molar-refractivity contribution in [3.63, 3.8) is 0 Å². The molecule has 7 heteroatoms. The van der Waals surface area contributed by atoms with Crippen LogP contribution in [0, 0.1) is 21.8 Å². The summed E-state index contributed by atoms with van der Waals surface area (Å²) in [5, 5.41) is 13.4. The Hall–Kier alpha value is -2.02. The fourth-order valence-corrected chi connectivity index (χ4v) is 2.11. The van der Waals surface area contributed by atoms with E-state index in [1.807, 2.05) is 32.8 Å². The molecule has 0 fully saturated rings. The molecular formula is C14H20FN3O3. The Balaban J connectivity index is 2.81. The van der Waals surface area contributed by atoms with Crippen LogP contribution in [0.15, 0.2) is 18.2 Å². The van der Waals surface area contributed by atoms with E-state index in [0.29, 0.717) is 12.5 Å². The van der Waals surface area contributed by atoms with E-state index in [2.05, 4.69) is 5.32 Å². The number of benzene rings is 1. The molecular weight excluding hydrogens is 277 g/mol. The van der Waals surface area contributed by atoms with Gasteiger partial charge in [-0.3, -0.25) is 14.9 Å². The Kier molecular flexibility index (Phi) is 5.78. The summed E-state index contributed by atoms with van der Waals surface area (Å²) >= 11 is 0. The summed E-state index contributed by atoms with van der Waals surface area (Å²) in [4.78, 5) is 23.8. The maximum Gasteiger partial charge on any atom is 0.305 e. The zero-order chi connectivity index (χ0) is 16.2. The first-order chi connectivity index (χ1) is 9.73. The Morgan fingerprint density at radius 3 is 2.52 bits per heavy atom. The number of nitro benzene ring substituents is 1. The first kappa shape index (κ1) is 17.0. The quantitative estimate of drug-likeness (QED) is 0.644. The van der Waals surface area contributed by atoms with Crippen LogP contribution in [0.1, 0.15) is 24.2 Å². The molecule has 1 N–H and O–H groups in total. The Morgan fingerprint density at radius 1 is 1.43 bits per heavy atom. The van der Waals surface area contributed by atoms with Crippen molar-refractivity contribution in [1.29, 1.82) is 0 Å². The lowest BCUT2D eigenvalue weighted by molar-refractivity contribution is -0.387. The minimum atomic E-state index is -0.954. The van der Waals surface area contributed by atoms with Gasteiger partial charge in [0.1, 0.15) is 0 Å². The smallest absolute Gasteiger partial charge is 0.305 e. The Morgan fingerprint density at radius 2 is 2.05 bits per heavy atom. The third kappa shape index (κ3) is 4.49. The summed E-state index contributed by atoms with van der Waals surface area (Å²) in [7, 11) is 3.83. The zero-order valence-electron chi connectivity index (χ0n) is 12.6. The van der Waals surface area contributed by atoms with E-state index in [9.17, 15) is 19.3 Å². The SMILES string of the molecule is CC(C)C(CNC(=O)c1ccc(F)c([N+](=O)[O-])c1)N(C)C. The standard InChI is InChI=1S/C14H20FN3O3/c1-9(2)13(17(3)4)8-16-14(19)10-5-6-11(15)12(7-10)18(20)21/h5-7,9,13H,8H2,1-4H3,(H,16,19). The van der Waals surface area contributed by atoms with E-state index in [-0.39, 0.29) is 11.6 Å². The van der Waals surface area contributed by atoms with E-state index in [1.54, 1.807) is 0 Å². The summed E-state index contributed by atoms with van der Waals surface area (Å²) < 4.78 is 13.2. The molecule has 0 aliphatic rings. The molecule has 1 atom stereocenters. The van der Waals surface area contributed by atoms with Crippen molar-refractivity contribution in [2.45, 2.75) is 19.9 Å². The van der Waals surface area contributed by atoms with Gasteiger partial charge in [0.2, 0.25) is 5.82 Å². The van der Waals surface area contributed by atoms with Crippen molar-refractivity contribution in [3.05, 3.63) is 39.7 Å². The number of hydrogen-bond acceptors (Lipinski definition) is 4. The van der Waals surface area contributed by atoms with Crippen molar-refractivity contribution in [1.82, 2.24) is 10.2 Å². The highest BCUT2D eigenvalue weighted by Crippen LogP contribution is 2.18. The highest BCUT2D eigenvalue weighted by molar-refractivity contribution is 5.94. The minimum absolute atomic E-state index is 0.0735. The van der Waals surface area contributed by atoms with Crippen molar-refractivity contribution >= 4 is 11.6 Å². The maximum absolute atomic E-state index is 13.2. The van der Waals surface area contributed by atoms with Gasteiger partial charge in [0.15, 0.2) is 0 Å². The molecule has 0 spiro atoms. The van der Waals surface area contributed by atoms with Crippen molar-refractivity contribution in [3.8, 4) is 0 Å². The van der Waals surface area contributed by atoms with Gasteiger partial charge >= 0.3 is 5.69 Å². The number of nitrogens with one attached hydrogen (secondary N) is 1. The highest BCUT2D eigenvalue weighted by Gasteiger charge is 2.20. The van der Waals surface area contributed by atoms with Crippen molar-refractivity contribution < 1.29 is 14.1 Å². The molecule has 6 nitrogen and oxygen atoms in total. The predicted molar refractivity (Wildman–Crippen MR) is 77.7 cm³/mol. The van der Waals surface area contributed by atoms with E-state index in [1.165, 1.54) is 6.07 Å². The van der Waals surface area contributed by atoms with Crippen LogP contribution in [0.4, 0.5) is 10.1 Å². The summed E-state index contributed by atoms with van der Waals surface area (Å²) in [6, 6.07) is 3.26. The number of amides is 1. The minimum Gasteiger partial charge on any atom is -0.350 e. The summed E-state index contributed by atoms with van der Waals surface area (Å²) in [6.07, 6.45) is 0. The molecule has 0 aromatic heterocycles. The van der Waals surface area contributed by atoms with E-state index in [4.69, 9.17) is 0 Å². The number of rotatable bonds is 6. The zero-order valence-corrected chi connectivity index (χ0v) is 12.6. The summed E-state index contributed by atoms with van der Waals surface area (Å²) in [6.45, 7) is 4.49. The number of halogens is 1. The van der Waals surface area contributed by atoms with Gasteiger partial charge in [0, 0.05) is 24.2 Å². The number of nitrogens with zero attached hydrogens (tertiary/aromatic N) is 2. The van der Waals surface area contributed by atoms with Crippen LogP contribution in [-0.4, -0.2) is 42.4 Å². The van der Waals surface area contributed by atoms with Gasteiger partial charge in [0.05, 0.1) is 4.92 Å². The molecule has 0 saturated carbocycles. The molecule has 0 aliphatic carbocycles. The number of likely N-dealkylation sites (N-methyl/N-ethyl adjacent to an activating group) is 1. The number of hydrogen-bond donors (Lipinski definition) is 1. The molecule has 1 aromatic carbocycles. The lowest BCUT2D eigenvalue weighted by Gasteiger charge is -2.28. The molecule has 0 radical (unpaired) electrons. The molecule has 0 heterocycles. The maximum atomic E-state index is 13.2. The largest absolute Gasteiger partial charge is 0.350 e. The monoisotopic (exact) mass is 297 g/mol. The van der Waals surface area contributed by atoms with Gasteiger partial charge in [-0.25, -0.2) is 0 Å². The van der Waals surface area contributed by atoms with Gasteiger partial charge < -0.3 is 10.2 Å². The number of carbonyl (C=O) groups excluding carboxylic acids is 1. The predicted octanol–water partition coefficient (Wildman–Crippen LogP) is 2.05. The molecule has 1 rings (SSSR count). The second-order valence-corrected chi connectivity index (χ2v) is 5.41. The molecule has 1 unspecified atom stereocenters. The van der Waals surface area contributed by atoms with Crippen molar-refractivity contribution in [2.75, 3.05) is 20.6 Å². The van der Waals surface area contributed by atoms with Crippen molar-refractivity contribution in [2.24, 2.45) is 5.92 Å². The topological polar surface area (TPSA) is 75.5 Å². The second-order valence-electron chi connectivity index (χ2n) is 5.41. The van der Waals surface area contributed by atoms with E-state index >= 15 is 0 Å².